The molecular formula is C16H26BrN3O. The van der Waals surface area contributed by atoms with Gasteiger partial charge in [-0.1, -0.05) is 13.8 Å². The van der Waals surface area contributed by atoms with Crippen molar-refractivity contribution >= 4 is 21.7 Å². The number of nitrogens with zero attached hydrogens (tertiary/aromatic N) is 2. The van der Waals surface area contributed by atoms with Crippen LogP contribution in [0.25, 0.3) is 0 Å². The number of aromatic nitrogens is 1. The molecule has 21 heavy (non-hydrogen) atoms. The molecule has 1 aromatic rings. The van der Waals surface area contributed by atoms with E-state index in [9.17, 15) is 0 Å². The van der Waals surface area contributed by atoms with Crippen molar-refractivity contribution < 1.29 is 4.74 Å². The fraction of sp³-hybridized carbons (Fsp3) is 0.688. The molecule has 2 heterocycles. The molecular weight excluding hydrogens is 330 g/mol. The smallest absolute Gasteiger partial charge is 0.133 e. The molecule has 0 amide bonds. The summed E-state index contributed by atoms with van der Waals surface area (Å²) in [7, 11) is 0. The molecule has 1 atom stereocenters. The van der Waals surface area contributed by atoms with Crippen molar-refractivity contribution in [1.82, 2.24) is 10.3 Å². The van der Waals surface area contributed by atoms with E-state index in [2.05, 4.69) is 71.8 Å². The highest BCUT2D eigenvalue weighted by Gasteiger charge is 2.32. The second-order valence-electron chi connectivity index (χ2n) is 6.74. The normalized spacial score (nSPS) is 21.9. The van der Waals surface area contributed by atoms with Crippen LogP contribution in [-0.4, -0.2) is 35.8 Å². The molecule has 5 heteroatoms. The SMILES string of the molecule is CC(C)NCc1cc(Br)cnc1N1CC(C)OC(C)(C)C1. The number of morpholine rings is 1. The number of ether oxygens (including phenoxy) is 1. The average Bonchev–Trinajstić information content (AvgIpc) is 2.33. The van der Waals surface area contributed by atoms with Crippen LogP contribution in [0.1, 0.15) is 40.2 Å². The van der Waals surface area contributed by atoms with Gasteiger partial charge in [0.15, 0.2) is 0 Å². The third-order valence-electron chi connectivity index (χ3n) is 3.48. The van der Waals surface area contributed by atoms with Gasteiger partial charge in [0.1, 0.15) is 5.82 Å². The number of hydrogen-bond donors (Lipinski definition) is 1. The molecule has 4 nitrogen and oxygen atoms in total. The lowest BCUT2D eigenvalue weighted by Crippen LogP contribution is -2.52. The Morgan fingerprint density at radius 2 is 2.24 bits per heavy atom. The lowest BCUT2D eigenvalue weighted by Gasteiger charge is -2.42. The zero-order chi connectivity index (χ0) is 15.6. The van der Waals surface area contributed by atoms with Gasteiger partial charge in [-0.15, -0.1) is 0 Å². The second-order valence-corrected chi connectivity index (χ2v) is 7.66. The summed E-state index contributed by atoms with van der Waals surface area (Å²) < 4.78 is 7.01. The zero-order valence-corrected chi connectivity index (χ0v) is 15.2. The van der Waals surface area contributed by atoms with Gasteiger partial charge in [0.25, 0.3) is 0 Å². The van der Waals surface area contributed by atoms with E-state index in [-0.39, 0.29) is 11.7 Å². The number of anilines is 1. The van der Waals surface area contributed by atoms with Crippen LogP contribution in [0.3, 0.4) is 0 Å². The quantitative estimate of drug-likeness (QED) is 0.898. The van der Waals surface area contributed by atoms with Crippen molar-refractivity contribution in [3.05, 3.63) is 22.3 Å². The molecule has 0 saturated carbocycles. The van der Waals surface area contributed by atoms with Crippen LogP contribution in [0.2, 0.25) is 0 Å². The minimum absolute atomic E-state index is 0.144. The van der Waals surface area contributed by atoms with Gasteiger partial charge < -0.3 is 15.0 Å². The van der Waals surface area contributed by atoms with E-state index in [1.54, 1.807) is 0 Å². The minimum Gasteiger partial charge on any atom is -0.369 e. The molecule has 1 aliphatic heterocycles. The predicted octanol–water partition coefficient (Wildman–Crippen LogP) is 3.35. The Balaban J connectivity index is 2.25. The van der Waals surface area contributed by atoms with Gasteiger partial charge in [-0.3, -0.25) is 0 Å². The molecule has 1 aliphatic rings. The Morgan fingerprint density at radius 3 is 2.86 bits per heavy atom. The maximum atomic E-state index is 5.99. The largest absolute Gasteiger partial charge is 0.369 e. The molecule has 1 aromatic heterocycles. The highest BCUT2D eigenvalue weighted by atomic mass is 79.9. The van der Waals surface area contributed by atoms with E-state index < -0.39 is 0 Å². The maximum absolute atomic E-state index is 5.99. The van der Waals surface area contributed by atoms with Crippen molar-refractivity contribution in [2.24, 2.45) is 0 Å². The van der Waals surface area contributed by atoms with E-state index in [1.807, 2.05) is 6.20 Å². The van der Waals surface area contributed by atoms with Crippen molar-refractivity contribution in [1.29, 1.82) is 0 Å². The maximum Gasteiger partial charge on any atom is 0.133 e. The first kappa shape index (κ1) is 16.7. The summed E-state index contributed by atoms with van der Waals surface area (Å²) in [5.74, 6) is 1.06. The molecule has 0 aliphatic carbocycles. The van der Waals surface area contributed by atoms with Crippen LogP contribution in [0.5, 0.6) is 0 Å². The van der Waals surface area contributed by atoms with Crippen molar-refractivity contribution in [2.75, 3.05) is 18.0 Å². The molecule has 2 rings (SSSR count). The lowest BCUT2D eigenvalue weighted by atomic mass is 10.0. The summed E-state index contributed by atoms with van der Waals surface area (Å²) in [5, 5.41) is 3.48. The molecule has 0 spiro atoms. The standard InChI is InChI=1S/C16H26BrN3O/c1-11(2)18-7-13-6-14(17)8-19-15(13)20-9-12(3)21-16(4,5)10-20/h6,8,11-12,18H,7,9-10H2,1-5H3. The summed E-state index contributed by atoms with van der Waals surface area (Å²) in [6.07, 6.45) is 2.09. The van der Waals surface area contributed by atoms with Crippen LogP contribution >= 0.6 is 15.9 Å². The lowest BCUT2D eigenvalue weighted by molar-refractivity contribution is -0.0752. The van der Waals surface area contributed by atoms with E-state index in [0.29, 0.717) is 6.04 Å². The van der Waals surface area contributed by atoms with E-state index in [4.69, 9.17) is 4.74 Å². The van der Waals surface area contributed by atoms with Gasteiger partial charge in [-0.2, -0.15) is 0 Å². The van der Waals surface area contributed by atoms with Crippen molar-refractivity contribution in [3.8, 4) is 0 Å². The summed E-state index contributed by atoms with van der Waals surface area (Å²) in [6, 6.07) is 2.61. The van der Waals surface area contributed by atoms with Crippen molar-refractivity contribution in [2.45, 2.75) is 58.9 Å². The average molecular weight is 356 g/mol. The number of pyridine rings is 1. The Morgan fingerprint density at radius 1 is 1.52 bits per heavy atom. The molecule has 1 unspecified atom stereocenters. The number of halogens is 1. The van der Waals surface area contributed by atoms with Gasteiger partial charge in [0.2, 0.25) is 0 Å². The van der Waals surface area contributed by atoms with Crippen LogP contribution < -0.4 is 10.2 Å². The highest BCUT2D eigenvalue weighted by molar-refractivity contribution is 9.10. The van der Waals surface area contributed by atoms with Gasteiger partial charge in [0, 0.05) is 41.9 Å². The summed E-state index contributed by atoms with van der Waals surface area (Å²) >= 11 is 3.53. The number of nitrogens with one attached hydrogen (secondary N) is 1. The van der Waals surface area contributed by atoms with Gasteiger partial charge in [-0.05, 0) is 42.8 Å². The van der Waals surface area contributed by atoms with Crippen LogP contribution in [0, 0.1) is 0 Å². The monoisotopic (exact) mass is 355 g/mol. The first-order valence-electron chi connectivity index (χ1n) is 7.57. The number of hydrogen-bond acceptors (Lipinski definition) is 4. The summed E-state index contributed by atoms with van der Waals surface area (Å²) in [5.41, 5.74) is 1.08. The summed E-state index contributed by atoms with van der Waals surface area (Å²) in [4.78, 5) is 7.01. The van der Waals surface area contributed by atoms with Crippen LogP contribution in [0.4, 0.5) is 5.82 Å². The molecule has 1 fully saturated rings. The Bertz CT molecular complexity index is 490. The molecule has 0 bridgehead atoms. The van der Waals surface area contributed by atoms with Gasteiger partial charge in [0.05, 0.1) is 11.7 Å². The second kappa shape index (κ2) is 6.63. The number of rotatable bonds is 4. The van der Waals surface area contributed by atoms with Crippen LogP contribution in [-0.2, 0) is 11.3 Å². The minimum atomic E-state index is -0.144. The molecule has 118 valence electrons. The van der Waals surface area contributed by atoms with E-state index >= 15 is 0 Å². The van der Waals surface area contributed by atoms with Gasteiger partial charge >= 0.3 is 0 Å². The van der Waals surface area contributed by atoms with E-state index in [0.717, 1.165) is 29.9 Å². The fourth-order valence-corrected chi connectivity index (χ4v) is 3.20. The Labute approximate surface area is 136 Å². The van der Waals surface area contributed by atoms with Gasteiger partial charge in [-0.25, -0.2) is 4.98 Å². The molecule has 0 radical (unpaired) electrons. The molecule has 1 N–H and O–H groups in total. The topological polar surface area (TPSA) is 37.4 Å². The zero-order valence-electron chi connectivity index (χ0n) is 13.6. The third-order valence-corrected chi connectivity index (χ3v) is 3.91. The fourth-order valence-electron chi connectivity index (χ4n) is 2.82. The molecule has 0 aromatic carbocycles. The van der Waals surface area contributed by atoms with Crippen molar-refractivity contribution in [3.63, 3.8) is 0 Å². The first-order valence-corrected chi connectivity index (χ1v) is 8.37. The highest BCUT2D eigenvalue weighted by Crippen LogP contribution is 2.28. The first-order chi connectivity index (χ1) is 9.77. The van der Waals surface area contributed by atoms with E-state index in [1.165, 1.54) is 5.56 Å². The summed E-state index contributed by atoms with van der Waals surface area (Å²) in [6.45, 7) is 13.3. The molecule has 1 saturated heterocycles. The van der Waals surface area contributed by atoms with Crippen LogP contribution in [0.15, 0.2) is 16.7 Å². The Kier molecular flexibility index (Phi) is 5.28. The Hall–Kier alpha value is -0.650. The predicted molar refractivity (Wildman–Crippen MR) is 90.8 cm³/mol. The third kappa shape index (κ3) is 4.66.